The number of phenolic OH excluding ortho intramolecular Hbond substituents is 1. The Balaban J connectivity index is 1.99. The highest BCUT2D eigenvalue weighted by Gasteiger charge is 2.21. The summed E-state index contributed by atoms with van der Waals surface area (Å²) in [4.78, 5) is 29.1. The summed E-state index contributed by atoms with van der Waals surface area (Å²) in [5.74, 6) is -0.643. The number of hydrogen-bond donors (Lipinski definition) is 2. The molecule has 2 N–H and O–H groups in total. The van der Waals surface area contributed by atoms with Gasteiger partial charge in [0.2, 0.25) is 5.43 Å². The van der Waals surface area contributed by atoms with Crippen molar-refractivity contribution >= 4 is 38.5 Å². The van der Waals surface area contributed by atoms with Crippen LogP contribution in [-0.4, -0.2) is 21.2 Å². The highest BCUT2D eigenvalue weighted by Crippen LogP contribution is 2.34. The standard InChI is InChI=1S/C22H19NO5S/c1-2-5-12-10-13-17(11-15(12)24)28-16(8-9-19(25)26)20(21(13)27)22-23-14-6-3-4-7-18(14)29-22/h3-4,6-7,10-11,24H,2,5,8-9H2,1H3,(H,25,26). The van der Waals surface area contributed by atoms with E-state index in [1.165, 1.54) is 17.4 Å². The average Bonchev–Trinajstić information content (AvgIpc) is 3.11. The van der Waals surface area contributed by atoms with E-state index < -0.39 is 5.97 Å². The zero-order valence-electron chi connectivity index (χ0n) is 15.8. The minimum Gasteiger partial charge on any atom is -0.508 e. The molecule has 0 saturated carbocycles. The van der Waals surface area contributed by atoms with Crippen LogP contribution in [0.15, 0.2) is 45.6 Å². The number of aromatic nitrogens is 1. The van der Waals surface area contributed by atoms with E-state index in [4.69, 9.17) is 9.52 Å². The highest BCUT2D eigenvalue weighted by molar-refractivity contribution is 7.21. The molecule has 0 radical (unpaired) electrons. The third-order valence-corrected chi connectivity index (χ3v) is 5.81. The van der Waals surface area contributed by atoms with Crippen LogP contribution < -0.4 is 5.43 Å². The molecule has 6 nitrogen and oxygen atoms in total. The first kappa shape index (κ1) is 19.1. The predicted molar refractivity (Wildman–Crippen MR) is 113 cm³/mol. The number of aliphatic carboxylic acids is 1. The Labute approximate surface area is 170 Å². The topological polar surface area (TPSA) is 101 Å². The summed E-state index contributed by atoms with van der Waals surface area (Å²) in [5, 5.41) is 20.2. The van der Waals surface area contributed by atoms with Crippen LogP contribution in [0.25, 0.3) is 31.8 Å². The minimum atomic E-state index is -0.982. The molecule has 0 bridgehead atoms. The van der Waals surface area contributed by atoms with Crippen LogP contribution in [0.2, 0.25) is 0 Å². The van der Waals surface area contributed by atoms with Gasteiger partial charge in [0, 0.05) is 12.5 Å². The van der Waals surface area contributed by atoms with Crippen molar-refractivity contribution in [2.24, 2.45) is 0 Å². The van der Waals surface area contributed by atoms with E-state index in [1.807, 2.05) is 31.2 Å². The van der Waals surface area contributed by atoms with Crippen molar-refractivity contribution in [2.75, 3.05) is 0 Å². The molecule has 0 aliphatic carbocycles. The number of thiazole rings is 1. The number of nitrogens with zero attached hydrogens (tertiary/aromatic N) is 1. The maximum absolute atomic E-state index is 13.4. The van der Waals surface area contributed by atoms with Crippen molar-refractivity contribution in [1.82, 2.24) is 4.98 Å². The van der Waals surface area contributed by atoms with Crippen LogP contribution in [0.5, 0.6) is 5.75 Å². The molecule has 0 unspecified atom stereocenters. The molecule has 0 spiro atoms. The molecule has 0 atom stereocenters. The monoisotopic (exact) mass is 409 g/mol. The van der Waals surface area contributed by atoms with Gasteiger partial charge in [0.15, 0.2) is 0 Å². The van der Waals surface area contributed by atoms with Gasteiger partial charge < -0.3 is 14.6 Å². The van der Waals surface area contributed by atoms with Crippen LogP contribution >= 0.6 is 11.3 Å². The summed E-state index contributed by atoms with van der Waals surface area (Å²) in [6.07, 6.45) is 1.35. The summed E-state index contributed by atoms with van der Waals surface area (Å²) in [6.45, 7) is 1.99. The number of phenols is 1. The first-order valence-corrected chi connectivity index (χ1v) is 10.2. The van der Waals surface area contributed by atoms with E-state index in [9.17, 15) is 14.7 Å². The minimum absolute atomic E-state index is 0.0588. The van der Waals surface area contributed by atoms with Crippen LogP contribution in [-0.2, 0) is 17.6 Å². The molecule has 29 heavy (non-hydrogen) atoms. The second kappa shape index (κ2) is 7.67. The quantitative estimate of drug-likeness (QED) is 0.477. The van der Waals surface area contributed by atoms with Crippen molar-refractivity contribution in [1.29, 1.82) is 0 Å². The van der Waals surface area contributed by atoms with Crippen molar-refractivity contribution < 1.29 is 19.4 Å². The summed E-state index contributed by atoms with van der Waals surface area (Å²) < 4.78 is 6.87. The lowest BCUT2D eigenvalue weighted by molar-refractivity contribution is -0.137. The van der Waals surface area contributed by atoms with Gasteiger partial charge >= 0.3 is 5.97 Å². The van der Waals surface area contributed by atoms with E-state index >= 15 is 0 Å². The molecule has 4 aromatic rings. The van der Waals surface area contributed by atoms with Gasteiger partial charge in [-0.1, -0.05) is 25.5 Å². The number of rotatable bonds is 6. The molecular formula is C22H19NO5S. The van der Waals surface area contributed by atoms with E-state index in [1.54, 1.807) is 6.07 Å². The molecule has 2 heterocycles. The normalized spacial score (nSPS) is 11.3. The fourth-order valence-electron chi connectivity index (χ4n) is 3.38. The molecule has 0 aliphatic rings. The Morgan fingerprint density at radius 1 is 1.21 bits per heavy atom. The molecular weight excluding hydrogens is 390 g/mol. The number of fused-ring (bicyclic) bond motifs is 2. The zero-order valence-corrected chi connectivity index (χ0v) is 16.6. The molecule has 0 saturated heterocycles. The Morgan fingerprint density at radius 3 is 2.72 bits per heavy atom. The van der Waals surface area contributed by atoms with E-state index in [-0.39, 0.29) is 35.4 Å². The number of para-hydroxylation sites is 1. The second-order valence-electron chi connectivity index (χ2n) is 6.84. The van der Waals surface area contributed by atoms with Gasteiger partial charge in [-0.3, -0.25) is 9.59 Å². The molecule has 2 aromatic carbocycles. The number of aromatic hydroxyl groups is 1. The van der Waals surface area contributed by atoms with Gasteiger partial charge in [-0.15, -0.1) is 11.3 Å². The van der Waals surface area contributed by atoms with Gasteiger partial charge in [0.05, 0.1) is 27.6 Å². The Kier molecular flexibility index (Phi) is 5.07. The summed E-state index contributed by atoms with van der Waals surface area (Å²) in [7, 11) is 0. The molecule has 0 amide bonds. The lowest BCUT2D eigenvalue weighted by Gasteiger charge is -2.10. The summed E-state index contributed by atoms with van der Waals surface area (Å²) >= 11 is 1.37. The molecule has 4 rings (SSSR count). The van der Waals surface area contributed by atoms with E-state index in [0.717, 1.165) is 16.6 Å². The van der Waals surface area contributed by atoms with Crippen LogP contribution in [0.1, 0.15) is 31.1 Å². The lowest BCUT2D eigenvalue weighted by atomic mass is 10.0. The van der Waals surface area contributed by atoms with Crippen molar-refractivity contribution in [2.45, 2.75) is 32.6 Å². The van der Waals surface area contributed by atoms with Crippen LogP contribution in [0.4, 0.5) is 0 Å². The van der Waals surface area contributed by atoms with Gasteiger partial charge in [0.25, 0.3) is 0 Å². The second-order valence-corrected chi connectivity index (χ2v) is 7.87. The Hall–Kier alpha value is -3.19. The van der Waals surface area contributed by atoms with Gasteiger partial charge in [-0.25, -0.2) is 4.98 Å². The van der Waals surface area contributed by atoms with Gasteiger partial charge in [-0.05, 0) is 30.2 Å². The summed E-state index contributed by atoms with van der Waals surface area (Å²) in [6, 6.07) is 10.7. The average molecular weight is 409 g/mol. The van der Waals surface area contributed by atoms with E-state index in [0.29, 0.717) is 27.9 Å². The maximum Gasteiger partial charge on any atom is 0.303 e. The number of carboxylic acids is 1. The first-order valence-electron chi connectivity index (χ1n) is 9.37. The van der Waals surface area contributed by atoms with Gasteiger partial charge in [-0.2, -0.15) is 0 Å². The number of carbonyl (C=O) groups is 1. The number of hydrogen-bond acceptors (Lipinski definition) is 6. The molecule has 0 aliphatic heterocycles. The fourth-order valence-corrected chi connectivity index (χ4v) is 4.41. The fraction of sp³-hybridized carbons (Fsp3) is 0.227. The third kappa shape index (κ3) is 3.61. The molecule has 2 aromatic heterocycles. The predicted octanol–water partition coefficient (Wildman–Crippen LogP) is 4.75. The number of aryl methyl sites for hydroxylation is 2. The number of benzene rings is 2. The van der Waals surface area contributed by atoms with Crippen LogP contribution in [0, 0.1) is 0 Å². The molecule has 7 heteroatoms. The maximum atomic E-state index is 13.4. The van der Waals surface area contributed by atoms with E-state index in [2.05, 4.69) is 4.98 Å². The molecule has 148 valence electrons. The Bertz CT molecular complexity index is 1250. The SMILES string of the molecule is CCCc1cc2c(=O)c(-c3nc4ccccc4s3)c(CCC(=O)O)oc2cc1O. The molecule has 0 fully saturated rings. The lowest BCUT2D eigenvalue weighted by Crippen LogP contribution is -2.11. The largest absolute Gasteiger partial charge is 0.508 e. The highest BCUT2D eigenvalue weighted by atomic mass is 32.1. The van der Waals surface area contributed by atoms with Crippen molar-refractivity contribution in [3.63, 3.8) is 0 Å². The zero-order chi connectivity index (χ0) is 20.5. The Morgan fingerprint density at radius 2 is 2.00 bits per heavy atom. The first-order chi connectivity index (χ1) is 14.0. The summed E-state index contributed by atoms with van der Waals surface area (Å²) in [5.41, 5.74) is 1.74. The van der Waals surface area contributed by atoms with Crippen LogP contribution in [0.3, 0.4) is 0 Å². The van der Waals surface area contributed by atoms with Gasteiger partial charge in [0.1, 0.15) is 22.1 Å². The smallest absolute Gasteiger partial charge is 0.303 e. The third-order valence-electron chi connectivity index (χ3n) is 4.76. The number of carboxylic acid groups (broad SMARTS) is 1. The van der Waals surface area contributed by atoms with Crippen molar-refractivity contribution in [3.05, 3.63) is 57.9 Å². The van der Waals surface area contributed by atoms with Crippen molar-refractivity contribution in [3.8, 4) is 16.3 Å².